The summed E-state index contributed by atoms with van der Waals surface area (Å²) in [6, 6.07) is 56.7. The molecule has 2 unspecified atom stereocenters. The third-order valence-electron chi connectivity index (χ3n) is 12.8. The van der Waals surface area contributed by atoms with Crippen molar-refractivity contribution in [1.82, 2.24) is 0 Å². The van der Waals surface area contributed by atoms with Gasteiger partial charge in [-0.05, 0) is 125 Å². The van der Waals surface area contributed by atoms with E-state index in [0.717, 1.165) is 11.3 Å². The molecule has 0 saturated heterocycles. The molecule has 2 aliphatic carbocycles. The first kappa shape index (κ1) is 32.6. The maximum atomic E-state index is 4.99. The van der Waals surface area contributed by atoms with Gasteiger partial charge in [-0.3, -0.25) is 4.99 Å². The Labute approximate surface area is 327 Å². The first-order valence-corrected chi connectivity index (χ1v) is 20.2. The number of fused-ring (bicyclic) bond motifs is 9. The van der Waals surface area contributed by atoms with E-state index in [9.17, 15) is 0 Å². The summed E-state index contributed by atoms with van der Waals surface area (Å²) in [5, 5.41) is 0.129. The summed E-state index contributed by atoms with van der Waals surface area (Å²) >= 11 is 1.90. The summed E-state index contributed by atoms with van der Waals surface area (Å²) < 4.78 is 0. The molecule has 2 nitrogen and oxygen atoms in total. The summed E-state index contributed by atoms with van der Waals surface area (Å²) in [4.78, 5) is 11.2. The van der Waals surface area contributed by atoms with Crippen molar-refractivity contribution < 1.29 is 0 Å². The number of hydrogen-bond acceptors (Lipinski definition) is 3. The second-order valence-electron chi connectivity index (χ2n) is 16.5. The van der Waals surface area contributed by atoms with Crippen molar-refractivity contribution >= 4 is 23.8 Å². The predicted molar refractivity (Wildman–Crippen MR) is 232 cm³/mol. The van der Waals surface area contributed by atoms with Crippen LogP contribution in [0.4, 0.5) is 0 Å². The molecule has 4 aliphatic rings. The molecule has 7 aromatic carbocycles. The van der Waals surface area contributed by atoms with Gasteiger partial charge in [0.25, 0.3) is 0 Å². The fourth-order valence-corrected chi connectivity index (χ4v) is 11.2. The van der Waals surface area contributed by atoms with Gasteiger partial charge in [0.15, 0.2) is 0 Å². The lowest BCUT2D eigenvalue weighted by Crippen LogP contribution is -2.24. The van der Waals surface area contributed by atoms with Gasteiger partial charge >= 0.3 is 0 Å². The Morgan fingerprint density at radius 1 is 0.436 bits per heavy atom. The van der Waals surface area contributed by atoms with E-state index in [1.807, 2.05) is 11.8 Å². The summed E-state index contributed by atoms with van der Waals surface area (Å²) in [5.74, 6) is 0. The number of benzene rings is 7. The van der Waals surface area contributed by atoms with Crippen LogP contribution in [-0.4, -0.2) is 17.3 Å². The third-order valence-corrected chi connectivity index (χ3v) is 14.1. The van der Waals surface area contributed by atoms with Crippen molar-refractivity contribution in [1.29, 1.82) is 0 Å². The fraction of sp³-hybridized carbons (Fsp3) is 0.154. The molecule has 0 amide bonds. The van der Waals surface area contributed by atoms with E-state index in [-0.39, 0.29) is 22.1 Å². The summed E-state index contributed by atoms with van der Waals surface area (Å²) in [6.45, 7) is 9.39. The Morgan fingerprint density at radius 3 is 1.51 bits per heavy atom. The van der Waals surface area contributed by atoms with Crippen LogP contribution in [0.15, 0.2) is 167 Å². The van der Waals surface area contributed by atoms with Crippen molar-refractivity contribution in [2.75, 3.05) is 0 Å². The highest BCUT2D eigenvalue weighted by molar-refractivity contribution is 8.01. The first-order valence-electron chi connectivity index (χ1n) is 19.4. The quantitative estimate of drug-likeness (QED) is 0.177. The molecule has 11 rings (SSSR count). The molecule has 0 bridgehead atoms. The molecule has 2 heterocycles. The summed E-state index contributed by atoms with van der Waals surface area (Å²) in [6.07, 6.45) is 1.79. The smallest absolute Gasteiger partial charge is 0.111 e. The molecule has 0 spiro atoms. The van der Waals surface area contributed by atoms with Gasteiger partial charge in [0.2, 0.25) is 0 Å². The lowest BCUT2D eigenvalue weighted by atomic mass is 9.81. The Hall–Kier alpha value is -5.77. The average Bonchev–Trinajstić information content (AvgIpc) is 3.80. The SMILES string of the molecule is CC1(C)c2ccccc2-c2ccc(-c3cccc(C4=NC=NC5c6cc(-c7cccc(-c8ccc9c(c8)C(C)(C)c8ccccc8-9)c7)ccc6SC45)c3)cc21. The maximum absolute atomic E-state index is 4.99. The molecule has 0 radical (unpaired) electrons. The Morgan fingerprint density at radius 2 is 0.909 bits per heavy atom. The van der Waals surface area contributed by atoms with Crippen molar-refractivity contribution in [3.63, 3.8) is 0 Å². The molecule has 264 valence electrons. The fourth-order valence-electron chi connectivity index (χ4n) is 9.78. The number of aliphatic imine (C=N–C) groups is 2. The molecule has 55 heavy (non-hydrogen) atoms. The molecule has 0 fully saturated rings. The van der Waals surface area contributed by atoms with Crippen LogP contribution in [0.2, 0.25) is 0 Å². The van der Waals surface area contributed by atoms with Gasteiger partial charge < -0.3 is 0 Å². The average molecular weight is 725 g/mol. The van der Waals surface area contributed by atoms with Crippen molar-refractivity contribution in [2.45, 2.75) is 54.7 Å². The summed E-state index contributed by atoms with van der Waals surface area (Å²) in [7, 11) is 0. The highest BCUT2D eigenvalue weighted by Gasteiger charge is 2.40. The van der Waals surface area contributed by atoms with Crippen LogP contribution in [-0.2, 0) is 10.8 Å². The van der Waals surface area contributed by atoms with Crippen molar-refractivity contribution in [2.24, 2.45) is 9.98 Å². The Balaban J connectivity index is 0.882. The molecule has 2 atom stereocenters. The molecule has 0 saturated carbocycles. The van der Waals surface area contributed by atoms with E-state index >= 15 is 0 Å². The van der Waals surface area contributed by atoms with E-state index in [1.54, 1.807) is 6.34 Å². The van der Waals surface area contributed by atoms with E-state index in [4.69, 9.17) is 9.98 Å². The van der Waals surface area contributed by atoms with Gasteiger partial charge in [-0.1, -0.05) is 143 Å². The third kappa shape index (κ3) is 4.89. The molecule has 2 aliphatic heterocycles. The zero-order chi connectivity index (χ0) is 37.1. The normalized spacial score (nSPS) is 18.8. The van der Waals surface area contributed by atoms with Crippen LogP contribution in [0.3, 0.4) is 0 Å². The molecule has 0 aromatic heterocycles. The minimum Gasteiger partial charge on any atom is -0.264 e. The zero-order valence-corrected chi connectivity index (χ0v) is 32.3. The van der Waals surface area contributed by atoms with Crippen LogP contribution < -0.4 is 0 Å². The first-order chi connectivity index (χ1) is 26.8. The monoisotopic (exact) mass is 724 g/mol. The predicted octanol–water partition coefficient (Wildman–Crippen LogP) is 13.3. The molecule has 3 heteroatoms. The molecule has 0 N–H and O–H groups in total. The largest absolute Gasteiger partial charge is 0.264 e. The van der Waals surface area contributed by atoms with Crippen LogP contribution in [0.1, 0.15) is 67.1 Å². The van der Waals surface area contributed by atoms with Crippen molar-refractivity contribution in [3.05, 3.63) is 185 Å². The minimum atomic E-state index is -0.0326. The number of nitrogens with zero attached hydrogens (tertiary/aromatic N) is 2. The van der Waals surface area contributed by atoms with Crippen molar-refractivity contribution in [3.8, 4) is 55.6 Å². The Kier molecular flexibility index (Phi) is 7.04. The van der Waals surface area contributed by atoms with E-state index < -0.39 is 0 Å². The second kappa shape index (κ2) is 11.9. The highest BCUT2D eigenvalue weighted by atomic mass is 32.2. The molecular weight excluding hydrogens is 685 g/mol. The molecular formula is C52H40N2S. The number of rotatable bonds is 4. The Bertz CT molecular complexity index is 2820. The van der Waals surface area contributed by atoms with Crippen LogP contribution in [0.25, 0.3) is 55.6 Å². The lowest BCUT2D eigenvalue weighted by Gasteiger charge is -2.23. The van der Waals surface area contributed by atoms with Gasteiger partial charge in [0.05, 0.1) is 17.0 Å². The van der Waals surface area contributed by atoms with Gasteiger partial charge in [0, 0.05) is 15.7 Å². The number of thioether (sulfide) groups is 1. The second-order valence-corrected chi connectivity index (χ2v) is 17.7. The highest BCUT2D eigenvalue weighted by Crippen LogP contribution is 2.52. The molecule has 7 aromatic rings. The number of hydrogen-bond donors (Lipinski definition) is 0. The van der Waals surface area contributed by atoms with Gasteiger partial charge in [-0.2, -0.15) is 0 Å². The maximum Gasteiger partial charge on any atom is 0.111 e. The van der Waals surface area contributed by atoms with Gasteiger partial charge in [-0.25, -0.2) is 4.99 Å². The van der Waals surface area contributed by atoms with Crippen LogP contribution >= 0.6 is 11.8 Å². The van der Waals surface area contributed by atoms with Gasteiger partial charge in [-0.15, -0.1) is 11.8 Å². The van der Waals surface area contributed by atoms with E-state index in [2.05, 4.69) is 179 Å². The minimum absolute atomic E-state index is 0.0241. The topological polar surface area (TPSA) is 24.7 Å². The van der Waals surface area contributed by atoms with E-state index in [0.29, 0.717) is 0 Å². The van der Waals surface area contributed by atoms with E-state index in [1.165, 1.54) is 88.3 Å². The van der Waals surface area contributed by atoms with Gasteiger partial charge in [0.1, 0.15) is 6.34 Å². The summed E-state index contributed by atoms with van der Waals surface area (Å²) in [5.41, 5.74) is 21.9. The standard InChI is InChI=1S/C52H40N2S/c1-51(2)43-17-7-5-15-38(43)40-22-19-35(28-45(40)51)32-12-9-11-31(25-32)34-21-24-47-42(27-34)49-50(55-47)48(53-30-54-49)37-14-10-13-33(26-37)36-20-23-41-39-16-6-8-18-44(39)52(3,4)46(41)29-36/h5-30,49-50H,1-4H3. The zero-order valence-electron chi connectivity index (χ0n) is 31.5. The van der Waals surface area contributed by atoms with Crippen LogP contribution in [0.5, 0.6) is 0 Å². The van der Waals surface area contributed by atoms with Crippen LogP contribution in [0, 0.1) is 0 Å². The lowest BCUT2D eigenvalue weighted by molar-refractivity contribution is 0.660.